The van der Waals surface area contributed by atoms with Gasteiger partial charge in [0, 0.05) is 18.9 Å². The minimum Gasteiger partial charge on any atom is -0.490 e. The molecule has 4 rings (SSSR count). The number of hydrogen-bond acceptors (Lipinski definition) is 9. The van der Waals surface area contributed by atoms with E-state index in [2.05, 4.69) is 9.97 Å². The predicted octanol–water partition coefficient (Wildman–Crippen LogP) is 4.60. The van der Waals surface area contributed by atoms with Crippen molar-refractivity contribution in [3.05, 3.63) is 71.3 Å². The maximum absolute atomic E-state index is 13.5. The summed E-state index contributed by atoms with van der Waals surface area (Å²) in [7, 11) is 0. The third-order valence-corrected chi connectivity index (χ3v) is 6.62. The highest BCUT2D eigenvalue weighted by Gasteiger charge is 2.33. The van der Waals surface area contributed by atoms with Gasteiger partial charge in [0.15, 0.2) is 35.3 Å². The topological polar surface area (TPSA) is 109 Å². The second-order valence-corrected chi connectivity index (χ2v) is 9.23. The fraction of sp³-hybridized carbons (Fsp3) is 0.419. The van der Waals surface area contributed by atoms with E-state index < -0.39 is 12.6 Å². The molecule has 0 saturated heterocycles. The summed E-state index contributed by atoms with van der Waals surface area (Å²) in [6.45, 7) is 9.74. The van der Waals surface area contributed by atoms with Gasteiger partial charge in [0.1, 0.15) is 0 Å². The number of hydrogen-bond donors (Lipinski definition) is 0. The molecular weight excluding hydrogens is 526 g/mol. The summed E-state index contributed by atoms with van der Waals surface area (Å²) in [6, 6.07) is 9.47. The van der Waals surface area contributed by atoms with Gasteiger partial charge in [-0.15, -0.1) is 0 Å². The Hall–Kier alpha value is -4.34. The largest absolute Gasteiger partial charge is 0.490 e. The standard InChI is InChI=1S/C31H37N3O7/c1-5-37-26-10-9-21(16-27(26)38-6-2)15-25-23-18-29(40-8-4)28(39-7-3)17-22(23)11-14-34(25)30(35)20-41-31(36)24-19-32-12-13-33-24/h9-10,12-13,16-19,25H,5-8,11,14-15,20H2,1-4H3/t25-/m1/s1. The van der Waals surface area contributed by atoms with E-state index in [9.17, 15) is 9.59 Å². The van der Waals surface area contributed by atoms with Crippen molar-refractivity contribution >= 4 is 11.9 Å². The van der Waals surface area contributed by atoms with Gasteiger partial charge in [0.25, 0.3) is 5.91 Å². The van der Waals surface area contributed by atoms with Crippen LogP contribution in [0.15, 0.2) is 48.9 Å². The second kappa shape index (κ2) is 14.3. The number of benzene rings is 2. The van der Waals surface area contributed by atoms with Crippen molar-refractivity contribution in [2.24, 2.45) is 0 Å². The lowest BCUT2D eigenvalue weighted by atomic mass is 9.88. The quantitative estimate of drug-likeness (QED) is 0.276. The fourth-order valence-electron chi connectivity index (χ4n) is 4.90. The molecule has 1 amide bonds. The Kier molecular flexibility index (Phi) is 10.4. The van der Waals surface area contributed by atoms with Crippen molar-refractivity contribution < 1.29 is 33.3 Å². The molecule has 218 valence electrons. The molecule has 41 heavy (non-hydrogen) atoms. The Morgan fingerprint density at radius 3 is 2.17 bits per heavy atom. The van der Waals surface area contributed by atoms with Gasteiger partial charge >= 0.3 is 5.97 Å². The van der Waals surface area contributed by atoms with E-state index in [1.165, 1.54) is 18.6 Å². The van der Waals surface area contributed by atoms with Crippen LogP contribution in [0.1, 0.15) is 60.9 Å². The van der Waals surface area contributed by atoms with Crippen LogP contribution >= 0.6 is 0 Å². The second-order valence-electron chi connectivity index (χ2n) is 9.23. The van der Waals surface area contributed by atoms with E-state index in [-0.39, 0.29) is 17.6 Å². The molecule has 0 spiro atoms. The molecule has 1 atom stereocenters. The third kappa shape index (κ3) is 7.25. The van der Waals surface area contributed by atoms with Crippen LogP contribution in [0.4, 0.5) is 0 Å². The van der Waals surface area contributed by atoms with Crippen molar-refractivity contribution in [2.75, 3.05) is 39.6 Å². The molecule has 1 aliphatic rings. The molecule has 0 radical (unpaired) electrons. The van der Waals surface area contributed by atoms with Crippen LogP contribution in [0.5, 0.6) is 23.0 Å². The van der Waals surface area contributed by atoms with Crippen LogP contribution in [0.3, 0.4) is 0 Å². The molecule has 2 heterocycles. The molecule has 0 N–H and O–H groups in total. The number of fused-ring (bicyclic) bond motifs is 1. The molecule has 1 aromatic heterocycles. The molecular formula is C31H37N3O7. The van der Waals surface area contributed by atoms with Crippen molar-refractivity contribution in [3.63, 3.8) is 0 Å². The lowest BCUT2D eigenvalue weighted by Crippen LogP contribution is -2.43. The summed E-state index contributed by atoms with van der Waals surface area (Å²) < 4.78 is 28.7. The summed E-state index contributed by atoms with van der Waals surface area (Å²) in [5.74, 6) is 1.63. The highest BCUT2D eigenvalue weighted by atomic mass is 16.5. The van der Waals surface area contributed by atoms with Crippen LogP contribution in [-0.4, -0.2) is 66.3 Å². The highest BCUT2D eigenvalue weighted by molar-refractivity contribution is 5.89. The smallest absolute Gasteiger partial charge is 0.359 e. The third-order valence-electron chi connectivity index (χ3n) is 6.62. The molecule has 3 aromatic rings. The van der Waals surface area contributed by atoms with Crippen LogP contribution in [0, 0.1) is 0 Å². The van der Waals surface area contributed by atoms with Crippen molar-refractivity contribution in [3.8, 4) is 23.0 Å². The van der Waals surface area contributed by atoms with Gasteiger partial charge < -0.3 is 28.6 Å². The zero-order valence-electron chi connectivity index (χ0n) is 24.1. The SMILES string of the molecule is CCOc1ccc(C[C@@H]2c3cc(OCC)c(OCC)cc3CCN2C(=O)COC(=O)c2cnccn2)cc1OCC. The first kappa shape index (κ1) is 29.6. The molecule has 0 fully saturated rings. The van der Waals surface area contributed by atoms with Gasteiger partial charge in [-0.05, 0) is 81.5 Å². The highest BCUT2D eigenvalue weighted by Crippen LogP contribution is 2.41. The number of esters is 1. The summed E-state index contributed by atoms with van der Waals surface area (Å²) in [4.78, 5) is 35.6. The van der Waals surface area contributed by atoms with Gasteiger partial charge in [-0.2, -0.15) is 0 Å². The van der Waals surface area contributed by atoms with E-state index in [4.69, 9.17) is 23.7 Å². The molecule has 0 saturated carbocycles. The summed E-state index contributed by atoms with van der Waals surface area (Å²) in [6.07, 6.45) is 5.29. The lowest BCUT2D eigenvalue weighted by molar-refractivity contribution is -0.137. The Labute approximate surface area is 240 Å². The van der Waals surface area contributed by atoms with Crippen molar-refractivity contribution in [1.29, 1.82) is 0 Å². The van der Waals surface area contributed by atoms with Gasteiger partial charge in [0.05, 0.1) is 38.7 Å². The first-order valence-electron chi connectivity index (χ1n) is 14.0. The number of carbonyl (C=O) groups is 2. The number of nitrogens with zero attached hydrogens (tertiary/aromatic N) is 3. The van der Waals surface area contributed by atoms with Crippen molar-refractivity contribution in [1.82, 2.24) is 14.9 Å². The zero-order chi connectivity index (χ0) is 29.2. The normalized spacial score (nSPS) is 14.1. The van der Waals surface area contributed by atoms with Crippen LogP contribution in [0.25, 0.3) is 0 Å². The monoisotopic (exact) mass is 563 g/mol. The fourth-order valence-corrected chi connectivity index (χ4v) is 4.90. The van der Waals surface area contributed by atoms with E-state index in [1.807, 2.05) is 58.0 Å². The lowest BCUT2D eigenvalue weighted by Gasteiger charge is -2.38. The Bertz CT molecular complexity index is 1330. The molecule has 2 aromatic carbocycles. The van der Waals surface area contributed by atoms with Gasteiger partial charge in [-0.25, -0.2) is 9.78 Å². The number of ether oxygens (including phenoxy) is 5. The van der Waals surface area contributed by atoms with Gasteiger partial charge in [-0.3, -0.25) is 9.78 Å². The first-order valence-corrected chi connectivity index (χ1v) is 14.0. The Morgan fingerprint density at radius 2 is 1.51 bits per heavy atom. The molecule has 10 nitrogen and oxygen atoms in total. The average Bonchev–Trinajstić information content (AvgIpc) is 2.98. The van der Waals surface area contributed by atoms with Crippen molar-refractivity contribution in [2.45, 2.75) is 46.6 Å². The molecule has 0 unspecified atom stereocenters. The molecule has 0 bridgehead atoms. The number of aromatic nitrogens is 2. The maximum Gasteiger partial charge on any atom is 0.359 e. The zero-order valence-corrected chi connectivity index (χ0v) is 24.1. The number of rotatable bonds is 13. The molecule has 10 heteroatoms. The maximum atomic E-state index is 13.5. The minimum absolute atomic E-state index is 0.0449. The van der Waals surface area contributed by atoms with E-state index in [0.717, 1.165) is 16.7 Å². The summed E-state index contributed by atoms with van der Waals surface area (Å²) in [5, 5.41) is 0. The van der Waals surface area contributed by atoms with E-state index in [0.29, 0.717) is 68.8 Å². The van der Waals surface area contributed by atoms with E-state index in [1.54, 1.807) is 4.90 Å². The molecule has 0 aliphatic carbocycles. The van der Waals surface area contributed by atoms with Gasteiger partial charge in [-0.1, -0.05) is 6.07 Å². The summed E-state index contributed by atoms with van der Waals surface area (Å²) in [5.41, 5.74) is 3.06. The average molecular weight is 564 g/mol. The van der Waals surface area contributed by atoms with Crippen LogP contribution < -0.4 is 18.9 Å². The number of amides is 1. The van der Waals surface area contributed by atoms with Crippen LogP contribution in [-0.2, 0) is 22.4 Å². The van der Waals surface area contributed by atoms with Gasteiger partial charge in [0.2, 0.25) is 0 Å². The minimum atomic E-state index is -0.701. The summed E-state index contributed by atoms with van der Waals surface area (Å²) >= 11 is 0. The predicted molar refractivity (Wildman–Crippen MR) is 152 cm³/mol. The Morgan fingerprint density at radius 1 is 0.854 bits per heavy atom. The Balaban J connectivity index is 1.67. The van der Waals surface area contributed by atoms with Crippen LogP contribution in [0.2, 0.25) is 0 Å². The molecule has 1 aliphatic heterocycles. The number of carbonyl (C=O) groups excluding carboxylic acids is 2. The van der Waals surface area contributed by atoms with E-state index >= 15 is 0 Å². The first-order chi connectivity index (χ1) is 20.0.